The van der Waals surface area contributed by atoms with Crippen molar-refractivity contribution in [3.63, 3.8) is 0 Å². The van der Waals surface area contributed by atoms with Gasteiger partial charge in [-0.25, -0.2) is 0 Å². The Hall–Kier alpha value is -1.35. The van der Waals surface area contributed by atoms with Crippen LogP contribution in [-0.2, 0) is 5.41 Å². The molecule has 2 aromatic rings. The van der Waals surface area contributed by atoms with Gasteiger partial charge in [0.05, 0.1) is 5.41 Å². The normalized spacial score (nSPS) is 13.5. The molecule has 0 fully saturated rings. The van der Waals surface area contributed by atoms with Crippen molar-refractivity contribution < 1.29 is 4.52 Å². The number of hydrogen-bond donors (Lipinski definition) is 0. The Kier molecular flexibility index (Phi) is 4.25. The first-order chi connectivity index (χ1) is 9.14. The van der Waals surface area contributed by atoms with Crippen LogP contribution < -0.4 is 0 Å². The van der Waals surface area contributed by atoms with Crippen LogP contribution >= 0.6 is 11.6 Å². The van der Waals surface area contributed by atoms with Crippen LogP contribution in [0, 0.1) is 0 Å². The molecule has 0 spiro atoms. The maximum absolute atomic E-state index is 6.00. The topological polar surface area (TPSA) is 38.9 Å². The minimum absolute atomic E-state index is 0.200. The third-order valence-electron chi connectivity index (χ3n) is 3.74. The Morgan fingerprint density at radius 2 is 1.84 bits per heavy atom. The molecule has 3 nitrogen and oxygen atoms in total. The van der Waals surface area contributed by atoms with Gasteiger partial charge in [0.25, 0.3) is 0 Å². The van der Waals surface area contributed by atoms with E-state index in [0.717, 1.165) is 18.7 Å². The summed E-state index contributed by atoms with van der Waals surface area (Å²) in [4.78, 5) is 4.49. The molecule has 102 valence electrons. The second-order valence-corrected chi connectivity index (χ2v) is 5.38. The summed E-state index contributed by atoms with van der Waals surface area (Å²) in [6.45, 7) is 6.13. The average molecular weight is 279 g/mol. The van der Waals surface area contributed by atoms with E-state index < -0.39 is 0 Å². The van der Waals surface area contributed by atoms with E-state index in [1.807, 2.05) is 25.1 Å². The van der Waals surface area contributed by atoms with Gasteiger partial charge in [0.15, 0.2) is 5.82 Å². The van der Waals surface area contributed by atoms with Crippen LogP contribution in [0.25, 0.3) is 0 Å². The molecule has 4 heteroatoms. The number of rotatable bonds is 5. The minimum atomic E-state index is -0.261. The highest BCUT2D eigenvalue weighted by atomic mass is 35.5. The SMILES string of the molecule is CCC(CC)(c1ccccc1)c1noc(C(C)Cl)n1. The van der Waals surface area contributed by atoms with E-state index in [2.05, 4.69) is 36.1 Å². The van der Waals surface area contributed by atoms with Crippen molar-refractivity contribution in [3.8, 4) is 0 Å². The minimum Gasteiger partial charge on any atom is -0.338 e. The highest BCUT2D eigenvalue weighted by molar-refractivity contribution is 6.20. The molecule has 0 amide bonds. The summed E-state index contributed by atoms with van der Waals surface area (Å²) in [7, 11) is 0. The lowest BCUT2D eigenvalue weighted by molar-refractivity contribution is 0.354. The molecule has 2 rings (SSSR count). The molecule has 0 aliphatic carbocycles. The largest absolute Gasteiger partial charge is 0.338 e. The molecule has 0 N–H and O–H groups in total. The standard InChI is InChI=1S/C15H19ClN2O/c1-4-15(5-2,12-9-7-6-8-10-12)14-17-13(11(3)16)19-18-14/h6-11H,4-5H2,1-3H3. The smallest absolute Gasteiger partial charge is 0.244 e. The number of benzene rings is 1. The summed E-state index contributed by atoms with van der Waals surface area (Å²) in [5.74, 6) is 1.21. The van der Waals surface area contributed by atoms with Gasteiger partial charge in [-0.05, 0) is 25.3 Å². The molecule has 1 aromatic carbocycles. The number of aromatic nitrogens is 2. The quantitative estimate of drug-likeness (QED) is 0.757. The fourth-order valence-corrected chi connectivity index (χ4v) is 2.54. The Morgan fingerprint density at radius 1 is 1.21 bits per heavy atom. The lowest BCUT2D eigenvalue weighted by atomic mass is 9.75. The second kappa shape index (κ2) is 5.74. The van der Waals surface area contributed by atoms with Crippen molar-refractivity contribution in [1.29, 1.82) is 0 Å². The van der Waals surface area contributed by atoms with E-state index in [1.165, 1.54) is 5.56 Å². The van der Waals surface area contributed by atoms with Gasteiger partial charge in [-0.3, -0.25) is 0 Å². The van der Waals surface area contributed by atoms with Gasteiger partial charge in [0, 0.05) is 0 Å². The summed E-state index contributed by atoms with van der Waals surface area (Å²) < 4.78 is 5.26. The Labute approximate surface area is 119 Å². The molecule has 1 aromatic heterocycles. The average Bonchev–Trinajstić information content (AvgIpc) is 2.93. The van der Waals surface area contributed by atoms with Crippen LogP contribution in [0.3, 0.4) is 0 Å². The number of halogens is 1. The molecule has 1 heterocycles. The second-order valence-electron chi connectivity index (χ2n) is 4.73. The van der Waals surface area contributed by atoms with Gasteiger partial charge in [-0.1, -0.05) is 49.3 Å². The summed E-state index contributed by atoms with van der Waals surface area (Å²) in [6.07, 6.45) is 1.84. The van der Waals surface area contributed by atoms with Crippen LogP contribution in [-0.4, -0.2) is 10.1 Å². The fraction of sp³-hybridized carbons (Fsp3) is 0.467. The first kappa shape index (κ1) is 14.1. The molecule has 0 bridgehead atoms. The van der Waals surface area contributed by atoms with E-state index in [0.29, 0.717) is 5.89 Å². The maximum Gasteiger partial charge on any atom is 0.244 e. The van der Waals surface area contributed by atoms with Crippen molar-refractivity contribution in [2.24, 2.45) is 0 Å². The molecule has 0 saturated heterocycles. The van der Waals surface area contributed by atoms with Gasteiger partial charge in [0.2, 0.25) is 5.89 Å². The Bertz CT molecular complexity index is 518. The van der Waals surface area contributed by atoms with Gasteiger partial charge in [-0.15, -0.1) is 11.6 Å². The van der Waals surface area contributed by atoms with E-state index >= 15 is 0 Å². The van der Waals surface area contributed by atoms with Crippen LogP contribution in [0.4, 0.5) is 0 Å². The number of nitrogens with zero attached hydrogens (tertiary/aromatic N) is 2. The third kappa shape index (κ3) is 2.52. The van der Waals surface area contributed by atoms with Crippen LogP contribution in [0.5, 0.6) is 0 Å². The molecular weight excluding hydrogens is 260 g/mol. The summed E-state index contributed by atoms with van der Waals surface area (Å²) in [6, 6.07) is 10.3. The summed E-state index contributed by atoms with van der Waals surface area (Å²) in [5.41, 5.74) is 1.02. The molecule has 19 heavy (non-hydrogen) atoms. The predicted octanol–water partition coefficient (Wildman–Crippen LogP) is 4.48. The zero-order valence-electron chi connectivity index (χ0n) is 11.6. The van der Waals surface area contributed by atoms with Gasteiger partial charge in [0.1, 0.15) is 5.38 Å². The molecule has 0 aliphatic heterocycles. The summed E-state index contributed by atoms with van der Waals surface area (Å²) >= 11 is 6.00. The fourth-order valence-electron chi connectivity index (χ4n) is 2.45. The first-order valence-corrected chi connectivity index (χ1v) is 7.11. The third-order valence-corrected chi connectivity index (χ3v) is 3.93. The summed E-state index contributed by atoms with van der Waals surface area (Å²) in [5, 5.41) is 3.90. The highest BCUT2D eigenvalue weighted by Crippen LogP contribution is 2.37. The van der Waals surface area contributed by atoms with Crippen LogP contribution in [0.2, 0.25) is 0 Å². The zero-order chi connectivity index (χ0) is 13.9. The van der Waals surface area contributed by atoms with Crippen molar-refractivity contribution in [2.45, 2.75) is 44.4 Å². The maximum atomic E-state index is 6.00. The molecule has 0 radical (unpaired) electrons. The predicted molar refractivity (Wildman–Crippen MR) is 76.4 cm³/mol. The van der Waals surface area contributed by atoms with Crippen molar-refractivity contribution in [1.82, 2.24) is 10.1 Å². The van der Waals surface area contributed by atoms with Gasteiger partial charge in [-0.2, -0.15) is 4.98 Å². The molecule has 1 unspecified atom stereocenters. The number of hydrogen-bond acceptors (Lipinski definition) is 3. The van der Waals surface area contributed by atoms with Gasteiger partial charge < -0.3 is 4.52 Å². The van der Waals surface area contributed by atoms with E-state index in [-0.39, 0.29) is 10.8 Å². The zero-order valence-corrected chi connectivity index (χ0v) is 12.3. The molecule has 0 aliphatic rings. The van der Waals surface area contributed by atoms with E-state index in [4.69, 9.17) is 16.1 Å². The van der Waals surface area contributed by atoms with Crippen molar-refractivity contribution in [3.05, 3.63) is 47.6 Å². The monoisotopic (exact) mass is 278 g/mol. The molecular formula is C15H19ClN2O. The lowest BCUT2D eigenvalue weighted by Crippen LogP contribution is -2.27. The Morgan fingerprint density at radius 3 is 2.32 bits per heavy atom. The molecule has 0 saturated carbocycles. The highest BCUT2D eigenvalue weighted by Gasteiger charge is 2.35. The lowest BCUT2D eigenvalue weighted by Gasteiger charge is -2.28. The molecule has 1 atom stereocenters. The van der Waals surface area contributed by atoms with Crippen LogP contribution in [0.15, 0.2) is 34.9 Å². The number of alkyl halides is 1. The van der Waals surface area contributed by atoms with Crippen LogP contribution in [0.1, 0.15) is 56.3 Å². The first-order valence-electron chi connectivity index (χ1n) is 6.67. The van der Waals surface area contributed by atoms with E-state index in [9.17, 15) is 0 Å². The van der Waals surface area contributed by atoms with Crippen molar-refractivity contribution >= 4 is 11.6 Å². The Balaban J connectivity index is 2.49. The van der Waals surface area contributed by atoms with Gasteiger partial charge >= 0.3 is 0 Å². The van der Waals surface area contributed by atoms with E-state index in [1.54, 1.807) is 0 Å². The van der Waals surface area contributed by atoms with Crippen molar-refractivity contribution in [2.75, 3.05) is 0 Å².